The lowest BCUT2D eigenvalue weighted by Gasteiger charge is -2.18. The van der Waals surface area contributed by atoms with Crippen LogP contribution in [0.15, 0.2) is 12.2 Å². The molecule has 0 aromatic heterocycles. The normalized spacial score (nSPS) is 12.9. The molecule has 0 aliphatic heterocycles. The van der Waals surface area contributed by atoms with Crippen LogP contribution < -0.4 is 5.32 Å². The molecule has 0 amide bonds. The quantitative estimate of drug-likeness (QED) is 0.559. The fourth-order valence-corrected chi connectivity index (χ4v) is 0.483. The highest BCUT2D eigenvalue weighted by Crippen LogP contribution is 1.96. The molecule has 0 unspecified atom stereocenters. The largest absolute Gasteiger partial charge is 0.309 e. The smallest absolute Gasteiger partial charge is 0.0139 e. The van der Waals surface area contributed by atoms with Gasteiger partial charge in [0.15, 0.2) is 0 Å². The van der Waals surface area contributed by atoms with Gasteiger partial charge in [-0.3, -0.25) is 0 Å². The second kappa shape index (κ2) is 3.67. The Morgan fingerprint density at radius 2 is 1.89 bits per heavy atom. The van der Waals surface area contributed by atoms with Crippen LogP contribution in [0.3, 0.4) is 0 Å². The van der Waals surface area contributed by atoms with Crippen molar-refractivity contribution >= 4 is 0 Å². The molecule has 0 fully saturated rings. The Balaban J connectivity index is 3.28. The molecule has 0 rings (SSSR count). The molecule has 9 heavy (non-hydrogen) atoms. The van der Waals surface area contributed by atoms with Crippen LogP contribution in [0, 0.1) is 0 Å². The van der Waals surface area contributed by atoms with Gasteiger partial charge >= 0.3 is 0 Å². The molecular weight excluding hydrogens is 110 g/mol. The summed E-state index contributed by atoms with van der Waals surface area (Å²) in [6.45, 7) is 9.49. The molecule has 1 N–H and O–H groups in total. The zero-order chi connectivity index (χ0) is 7.33. The van der Waals surface area contributed by atoms with E-state index in [1.807, 2.05) is 6.92 Å². The fourth-order valence-electron chi connectivity index (χ4n) is 0.483. The van der Waals surface area contributed by atoms with Crippen LogP contribution >= 0.6 is 0 Å². The van der Waals surface area contributed by atoms with Gasteiger partial charge in [0.05, 0.1) is 0 Å². The average molecular weight is 127 g/mol. The summed E-state index contributed by atoms with van der Waals surface area (Å²) in [5.41, 5.74) is 0.250. The Morgan fingerprint density at radius 1 is 1.33 bits per heavy atom. The molecule has 0 radical (unpaired) electrons. The second-order valence-electron chi connectivity index (χ2n) is 3.20. The van der Waals surface area contributed by atoms with Crippen molar-refractivity contribution in [1.82, 2.24) is 5.32 Å². The van der Waals surface area contributed by atoms with E-state index in [0.29, 0.717) is 0 Å². The Hall–Kier alpha value is -0.300. The summed E-state index contributed by atoms with van der Waals surface area (Å²) in [7, 11) is 0. The molecule has 1 nitrogen and oxygen atoms in total. The van der Waals surface area contributed by atoms with Crippen molar-refractivity contribution in [2.45, 2.75) is 33.2 Å². The highest BCUT2D eigenvalue weighted by molar-refractivity contribution is 4.83. The first-order valence-electron chi connectivity index (χ1n) is 3.42. The molecular formula is C8H17N. The SMILES string of the molecule is C/C=C/CNC(C)(C)C. The second-order valence-corrected chi connectivity index (χ2v) is 3.20. The minimum atomic E-state index is 0.250. The highest BCUT2D eigenvalue weighted by Gasteiger charge is 2.05. The van der Waals surface area contributed by atoms with Crippen molar-refractivity contribution in [3.8, 4) is 0 Å². The molecule has 0 aliphatic carbocycles. The molecule has 0 bridgehead atoms. The van der Waals surface area contributed by atoms with Gasteiger partial charge in [0.2, 0.25) is 0 Å². The predicted molar refractivity (Wildman–Crippen MR) is 42.6 cm³/mol. The van der Waals surface area contributed by atoms with Crippen LogP contribution in [-0.2, 0) is 0 Å². The van der Waals surface area contributed by atoms with E-state index in [-0.39, 0.29) is 5.54 Å². The van der Waals surface area contributed by atoms with Crippen LogP contribution in [0.25, 0.3) is 0 Å². The van der Waals surface area contributed by atoms with Gasteiger partial charge in [0.1, 0.15) is 0 Å². The summed E-state index contributed by atoms with van der Waals surface area (Å²) in [5, 5.41) is 3.34. The maximum absolute atomic E-state index is 3.34. The minimum absolute atomic E-state index is 0.250. The standard InChI is InChI=1S/C8H17N/c1-5-6-7-9-8(2,3)4/h5-6,9H,7H2,1-4H3/b6-5+. The Bertz CT molecular complexity index is 87.2. The van der Waals surface area contributed by atoms with E-state index >= 15 is 0 Å². The van der Waals surface area contributed by atoms with Crippen molar-refractivity contribution in [3.05, 3.63) is 12.2 Å². The summed E-state index contributed by atoms with van der Waals surface area (Å²) in [6.07, 6.45) is 4.17. The minimum Gasteiger partial charge on any atom is -0.309 e. The molecule has 0 aromatic carbocycles. The van der Waals surface area contributed by atoms with Crippen LogP contribution in [0.4, 0.5) is 0 Å². The number of hydrogen-bond acceptors (Lipinski definition) is 1. The highest BCUT2D eigenvalue weighted by atomic mass is 14.9. The third-order valence-corrected chi connectivity index (χ3v) is 0.986. The number of allylic oxidation sites excluding steroid dienone is 1. The summed E-state index contributed by atoms with van der Waals surface area (Å²) >= 11 is 0. The van der Waals surface area contributed by atoms with Crippen molar-refractivity contribution in [2.24, 2.45) is 0 Å². The first-order valence-corrected chi connectivity index (χ1v) is 3.42. The summed E-state index contributed by atoms with van der Waals surface area (Å²) in [4.78, 5) is 0. The zero-order valence-corrected chi connectivity index (χ0v) is 6.86. The molecule has 0 aliphatic rings. The third kappa shape index (κ3) is 7.70. The molecule has 0 atom stereocenters. The fraction of sp³-hybridized carbons (Fsp3) is 0.750. The van der Waals surface area contributed by atoms with Crippen LogP contribution in [-0.4, -0.2) is 12.1 Å². The molecule has 0 aromatic rings. The maximum Gasteiger partial charge on any atom is 0.0139 e. The first-order chi connectivity index (χ1) is 4.06. The van der Waals surface area contributed by atoms with E-state index in [4.69, 9.17) is 0 Å². The van der Waals surface area contributed by atoms with Gasteiger partial charge < -0.3 is 5.32 Å². The van der Waals surface area contributed by atoms with Gasteiger partial charge in [-0.05, 0) is 27.7 Å². The van der Waals surface area contributed by atoms with E-state index in [2.05, 4.69) is 38.2 Å². The molecule has 1 heteroatoms. The number of nitrogens with one attached hydrogen (secondary N) is 1. The van der Waals surface area contributed by atoms with Crippen LogP contribution in [0.5, 0.6) is 0 Å². The van der Waals surface area contributed by atoms with E-state index in [1.165, 1.54) is 0 Å². The van der Waals surface area contributed by atoms with Gasteiger partial charge in [0, 0.05) is 12.1 Å². The molecule has 54 valence electrons. The lowest BCUT2D eigenvalue weighted by molar-refractivity contribution is 0.449. The van der Waals surface area contributed by atoms with Crippen LogP contribution in [0.1, 0.15) is 27.7 Å². The molecule has 0 saturated carbocycles. The van der Waals surface area contributed by atoms with E-state index in [9.17, 15) is 0 Å². The summed E-state index contributed by atoms with van der Waals surface area (Å²) in [6, 6.07) is 0. The van der Waals surface area contributed by atoms with Crippen molar-refractivity contribution < 1.29 is 0 Å². The lowest BCUT2D eigenvalue weighted by Crippen LogP contribution is -2.35. The van der Waals surface area contributed by atoms with Crippen molar-refractivity contribution in [2.75, 3.05) is 6.54 Å². The topological polar surface area (TPSA) is 12.0 Å². The Morgan fingerprint density at radius 3 is 2.22 bits per heavy atom. The monoisotopic (exact) mass is 127 g/mol. The van der Waals surface area contributed by atoms with Gasteiger partial charge in [-0.25, -0.2) is 0 Å². The summed E-state index contributed by atoms with van der Waals surface area (Å²) in [5.74, 6) is 0. The van der Waals surface area contributed by atoms with E-state index < -0.39 is 0 Å². The van der Waals surface area contributed by atoms with Crippen molar-refractivity contribution in [1.29, 1.82) is 0 Å². The molecule has 0 heterocycles. The zero-order valence-electron chi connectivity index (χ0n) is 6.86. The van der Waals surface area contributed by atoms with Gasteiger partial charge in [-0.1, -0.05) is 12.2 Å². The lowest BCUT2D eigenvalue weighted by atomic mass is 10.1. The maximum atomic E-state index is 3.34. The average Bonchev–Trinajstić information content (AvgIpc) is 1.63. The van der Waals surface area contributed by atoms with Gasteiger partial charge in [0.25, 0.3) is 0 Å². The predicted octanol–water partition coefficient (Wildman–Crippen LogP) is 1.95. The molecule has 0 spiro atoms. The Labute approximate surface area is 58.2 Å². The molecule has 0 saturated heterocycles. The van der Waals surface area contributed by atoms with E-state index in [0.717, 1.165) is 6.54 Å². The number of rotatable bonds is 2. The van der Waals surface area contributed by atoms with Gasteiger partial charge in [-0.15, -0.1) is 0 Å². The first kappa shape index (κ1) is 8.70. The Kier molecular flexibility index (Phi) is 3.55. The summed E-state index contributed by atoms with van der Waals surface area (Å²) < 4.78 is 0. The van der Waals surface area contributed by atoms with Crippen LogP contribution in [0.2, 0.25) is 0 Å². The third-order valence-electron chi connectivity index (χ3n) is 0.986. The van der Waals surface area contributed by atoms with Gasteiger partial charge in [-0.2, -0.15) is 0 Å². The van der Waals surface area contributed by atoms with Crippen molar-refractivity contribution in [3.63, 3.8) is 0 Å². The number of hydrogen-bond donors (Lipinski definition) is 1. The van der Waals surface area contributed by atoms with E-state index in [1.54, 1.807) is 0 Å².